The van der Waals surface area contributed by atoms with Crippen LogP contribution in [0.1, 0.15) is 26.7 Å². The molecule has 0 spiro atoms. The van der Waals surface area contributed by atoms with Gasteiger partial charge in [-0.15, -0.1) is 0 Å². The van der Waals surface area contributed by atoms with E-state index in [-0.39, 0.29) is 11.6 Å². The SMILES string of the molecule is CC1=CC[C]([Zr]([O]c2ccc(F)cc2)([O]c2ccc(F)cc2)([C]2=CC=C(C)C2)=[Si](C)C)=C1. The van der Waals surface area contributed by atoms with Crippen LogP contribution in [0.25, 0.3) is 0 Å². The summed E-state index contributed by atoms with van der Waals surface area (Å²) in [5, 5.41) is 0. The molecule has 0 radical (unpaired) electrons. The average molecular weight is 530 g/mol. The second kappa shape index (κ2) is 8.72. The molecular weight excluding hydrogens is 502 g/mol. The molecule has 0 unspecified atom stereocenters. The van der Waals surface area contributed by atoms with Crippen LogP contribution >= 0.6 is 0 Å². The first-order valence-corrected chi connectivity index (χ1v) is 21.5. The standard InChI is InChI=1S/2C6H5FO.2C6H7.C2H6Si.Zr/c2*7-5-1-3-6(8)4-2-5;2*1-6-4-2-3-5-6;1-3-2;/h2*1-4,8H;4-5H,2H2,1H3;2,4H,5H2,1H3;1-2H3;/q;;;;;+2/p-2. The third kappa shape index (κ3) is 3.92. The fourth-order valence-corrected chi connectivity index (χ4v) is 32.4. The van der Waals surface area contributed by atoms with E-state index in [0.29, 0.717) is 11.5 Å². The summed E-state index contributed by atoms with van der Waals surface area (Å²) < 4.78 is 44.2. The molecule has 2 aromatic rings. The number of allylic oxidation sites excluding steroid dienone is 8. The van der Waals surface area contributed by atoms with Gasteiger partial charge >= 0.3 is 192 Å². The van der Waals surface area contributed by atoms with Gasteiger partial charge in [0.05, 0.1) is 0 Å². The first-order chi connectivity index (χ1) is 15.2. The van der Waals surface area contributed by atoms with Gasteiger partial charge in [-0.2, -0.15) is 0 Å². The van der Waals surface area contributed by atoms with E-state index >= 15 is 0 Å². The zero-order valence-corrected chi connectivity index (χ0v) is 22.4. The predicted octanol–water partition coefficient (Wildman–Crippen LogP) is 7.66. The number of halogens is 2. The molecule has 0 aliphatic heterocycles. The van der Waals surface area contributed by atoms with E-state index in [0.717, 1.165) is 12.8 Å². The molecule has 32 heavy (non-hydrogen) atoms. The van der Waals surface area contributed by atoms with Gasteiger partial charge < -0.3 is 0 Å². The Labute approximate surface area is 190 Å². The topological polar surface area (TPSA) is 18.5 Å². The normalized spacial score (nSPS) is 16.2. The molecule has 2 aliphatic rings. The molecule has 0 fully saturated rings. The fraction of sp³-hybridized carbons (Fsp3) is 0.231. The first kappa shape index (κ1) is 23.1. The van der Waals surface area contributed by atoms with Crippen LogP contribution in [0, 0.1) is 11.6 Å². The van der Waals surface area contributed by atoms with E-state index in [4.69, 9.17) is 5.63 Å². The summed E-state index contributed by atoms with van der Waals surface area (Å²) in [6, 6.07) is 12.4. The molecule has 0 bridgehead atoms. The molecule has 0 aromatic heterocycles. The van der Waals surface area contributed by atoms with Crippen LogP contribution in [0.5, 0.6) is 11.5 Å². The molecule has 4 rings (SSSR count). The van der Waals surface area contributed by atoms with Crippen molar-refractivity contribution >= 4 is 5.43 Å². The Morgan fingerprint density at radius 3 is 1.69 bits per heavy atom. The van der Waals surface area contributed by atoms with Crippen molar-refractivity contribution in [2.75, 3.05) is 0 Å². The molecule has 0 atom stereocenters. The van der Waals surface area contributed by atoms with Crippen molar-refractivity contribution in [3.63, 3.8) is 0 Å². The molecule has 0 amide bonds. The van der Waals surface area contributed by atoms with Crippen molar-refractivity contribution in [2.24, 2.45) is 0 Å². The molecule has 166 valence electrons. The molecule has 0 heterocycles. The number of benzene rings is 2. The van der Waals surface area contributed by atoms with Crippen molar-refractivity contribution in [3.8, 4) is 11.5 Å². The summed E-state index contributed by atoms with van der Waals surface area (Å²) in [7, 11) is 0. The van der Waals surface area contributed by atoms with Crippen LogP contribution in [-0.4, -0.2) is 5.43 Å². The zero-order valence-electron chi connectivity index (χ0n) is 18.9. The molecule has 6 heteroatoms. The Balaban J connectivity index is 2.03. The minimum absolute atomic E-state index is 0.305. The van der Waals surface area contributed by atoms with Gasteiger partial charge in [0.15, 0.2) is 0 Å². The third-order valence-corrected chi connectivity index (χ3v) is 37.1. The Kier molecular flexibility index (Phi) is 6.30. The fourth-order valence-electron chi connectivity index (χ4n) is 4.74. The molecule has 2 aromatic carbocycles. The molecule has 0 N–H and O–H groups in total. The van der Waals surface area contributed by atoms with Gasteiger partial charge in [0.1, 0.15) is 0 Å². The van der Waals surface area contributed by atoms with Crippen LogP contribution in [0.15, 0.2) is 90.5 Å². The Morgan fingerprint density at radius 2 is 1.31 bits per heavy atom. The Morgan fingerprint density at radius 1 is 0.781 bits per heavy atom. The van der Waals surface area contributed by atoms with E-state index in [1.807, 2.05) is 0 Å². The molecular formula is C26H28F2O2SiZr. The summed E-state index contributed by atoms with van der Waals surface area (Å²) in [4.78, 5) is 0. The summed E-state index contributed by atoms with van der Waals surface area (Å²) >= 11 is -4.96. The van der Waals surface area contributed by atoms with Gasteiger partial charge in [-0.3, -0.25) is 0 Å². The molecule has 0 saturated heterocycles. The van der Waals surface area contributed by atoms with Crippen molar-refractivity contribution < 1.29 is 32.7 Å². The number of rotatable bonds is 6. The molecule has 2 aliphatic carbocycles. The maximum atomic E-state index is 13.7. The summed E-state index contributed by atoms with van der Waals surface area (Å²) in [5.74, 6) is 0.614. The monoisotopic (exact) mass is 528 g/mol. The van der Waals surface area contributed by atoms with Gasteiger partial charge in [0.25, 0.3) is 0 Å². The zero-order chi connectivity index (χ0) is 23.0. The quantitative estimate of drug-likeness (QED) is 0.358. The van der Waals surface area contributed by atoms with Crippen LogP contribution in [-0.2, 0) is 18.3 Å². The summed E-state index contributed by atoms with van der Waals surface area (Å²) in [6.07, 6.45) is 10.3. The average Bonchev–Trinajstić information content (AvgIpc) is 3.40. The van der Waals surface area contributed by atoms with Crippen molar-refractivity contribution in [1.82, 2.24) is 0 Å². The van der Waals surface area contributed by atoms with Gasteiger partial charge in [0, 0.05) is 0 Å². The van der Waals surface area contributed by atoms with Crippen molar-refractivity contribution in [3.05, 3.63) is 102 Å². The molecule has 0 saturated carbocycles. The van der Waals surface area contributed by atoms with Gasteiger partial charge in [0.2, 0.25) is 0 Å². The van der Waals surface area contributed by atoms with E-state index in [1.165, 1.54) is 42.0 Å². The second-order valence-electron chi connectivity index (χ2n) is 8.89. The van der Waals surface area contributed by atoms with Crippen molar-refractivity contribution in [1.29, 1.82) is 0 Å². The predicted molar refractivity (Wildman–Crippen MR) is 124 cm³/mol. The Bertz CT molecular complexity index is 1190. The van der Waals surface area contributed by atoms with Crippen molar-refractivity contribution in [2.45, 2.75) is 39.8 Å². The van der Waals surface area contributed by atoms with Gasteiger partial charge in [-0.05, 0) is 0 Å². The van der Waals surface area contributed by atoms with E-state index < -0.39 is 23.7 Å². The van der Waals surface area contributed by atoms with E-state index in [2.05, 4.69) is 51.2 Å². The summed E-state index contributed by atoms with van der Waals surface area (Å²) in [5.41, 5.74) is 1.21. The maximum absolute atomic E-state index is 13.7. The van der Waals surface area contributed by atoms with Crippen LogP contribution in [0.3, 0.4) is 0 Å². The van der Waals surface area contributed by atoms with Crippen LogP contribution < -0.4 is 5.63 Å². The second-order valence-corrected chi connectivity index (χ2v) is 33.1. The minimum atomic E-state index is -4.96. The number of hydrogen-bond acceptors (Lipinski definition) is 2. The molecule has 2 nitrogen and oxygen atoms in total. The van der Waals surface area contributed by atoms with E-state index in [9.17, 15) is 8.78 Å². The van der Waals surface area contributed by atoms with E-state index in [1.54, 1.807) is 24.3 Å². The first-order valence-electron chi connectivity index (χ1n) is 10.8. The number of hydrogen-bond donors (Lipinski definition) is 0. The summed E-state index contributed by atoms with van der Waals surface area (Å²) in [6.45, 7) is 8.73. The van der Waals surface area contributed by atoms with Crippen LogP contribution in [0.2, 0.25) is 13.1 Å². The van der Waals surface area contributed by atoms with Gasteiger partial charge in [-0.25, -0.2) is 0 Å². The Hall–Kier alpha value is -2.04. The third-order valence-electron chi connectivity index (χ3n) is 6.41. The van der Waals surface area contributed by atoms with Gasteiger partial charge in [-0.1, -0.05) is 0 Å². The van der Waals surface area contributed by atoms with Crippen LogP contribution in [0.4, 0.5) is 8.78 Å².